The van der Waals surface area contributed by atoms with E-state index in [9.17, 15) is 13.5 Å². The molecule has 0 saturated heterocycles. The van der Waals surface area contributed by atoms with E-state index >= 15 is 0 Å². The molecule has 0 bridgehead atoms. The van der Waals surface area contributed by atoms with Crippen molar-refractivity contribution >= 4 is 21.4 Å². The molecule has 0 fully saturated rings. The maximum atomic E-state index is 12.1. The van der Waals surface area contributed by atoms with Crippen LogP contribution in [0.25, 0.3) is 0 Å². The quantitative estimate of drug-likeness (QED) is 0.851. The minimum atomic E-state index is -3.55. The van der Waals surface area contributed by atoms with Gasteiger partial charge in [-0.3, -0.25) is 0 Å². The third kappa shape index (κ3) is 3.86. The van der Waals surface area contributed by atoms with Crippen LogP contribution in [0.15, 0.2) is 40.7 Å². The molecule has 0 saturated carbocycles. The summed E-state index contributed by atoms with van der Waals surface area (Å²) in [5.74, 6) is 0. The standard InChI is InChI=1S/C13H16N2O3S2/c1-10(16)11-3-2-4-12(9-11)20(17,18)15-6-5-13-14-7-8-19-13/h2-4,7-10,15-16H,5-6H2,1H3. The minimum absolute atomic E-state index is 0.162. The number of aliphatic hydroxyl groups excluding tert-OH is 1. The molecule has 1 heterocycles. The Morgan fingerprint density at radius 2 is 2.25 bits per heavy atom. The number of aliphatic hydroxyl groups is 1. The number of nitrogens with one attached hydrogen (secondary N) is 1. The first-order valence-corrected chi connectivity index (χ1v) is 8.51. The second-order valence-electron chi connectivity index (χ2n) is 4.32. The lowest BCUT2D eigenvalue weighted by Gasteiger charge is -2.09. The van der Waals surface area contributed by atoms with Crippen LogP contribution >= 0.6 is 11.3 Å². The fourth-order valence-corrected chi connectivity index (χ4v) is 3.40. The molecule has 0 aliphatic rings. The van der Waals surface area contributed by atoms with Gasteiger partial charge in [0.1, 0.15) is 0 Å². The zero-order valence-corrected chi connectivity index (χ0v) is 12.6. The monoisotopic (exact) mass is 312 g/mol. The van der Waals surface area contributed by atoms with Gasteiger partial charge < -0.3 is 5.11 Å². The first-order chi connectivity index (χ1) is 9.49. The highest BCUT2D eigenvalue weighted by atomic mass is 32.2. The Morgan fingerprint density at radius 1 is 1.45 bits per heavy atom. The molecule has 0 aliphatic heterocycles. The number of benzene rings is 1. The average Bonchev–Trinajstić information content (AvgIpc) is 2.92. The molecule has 0 amide bonds. The number of rotatable bonds is 6. The minimum Gasteiger partial charge on any atom is -0.389 e. The molecule has 5 nitrogen and oxygen atoms in total. The molecule has 108 valence electrons. The van der Waals surface area contributed by atoms with Crippen molar-refractivity contribution in [3.05, 3.63) is 46.4 Å². The van der Waals surface area contributed by atoms with E-state index < -0.39 is 16.1 Å². The smallest absolute Gasteiger partial charge is 0.240 e. The molecule has 20 heavy (non-hydrogen) atoms. The molecule has 1 aromatic heterocycles. The maximum Gasteiger partial charge on any atom is 0.240 e. The highest BCUT2D eigenvalue weighted by Crippen LogP contribution is 2.17. The predicted molar refractivity (Wildman–Crippen MR) is 78.1 cm³/mol. The SMILES string of the molecule is CC(O)c1cccc(S(=O)(=O)NCCc2nccs2)c1. The first-order valence-electron chi connectivity index (χ1n) is 6.15. The van der Waals surface area contributed by atoms with Crippen LogP contribution in [0.2, 0.25) is 0 Å². The second kappa shape index (κ2) is 6.45. The second-order valence-corrected chi connectivity index (χ2v) is 7.07. The molecule has 2 rings (SSSR count). The molecule has 1 aromatic carbocycles. The van der Waals surface area contributed by atoms with Crippen molar-refractivity contribution < 1.29 is 13.5 Å². The van der Waals surface area contributed by atoms with E-state index in [-0.39, 0.29) is 4.90 Å². The number of thiazole rings is 1. The largest absolute Gasteiger partial charge is 0.389 e. The van der Waals surface area contributed by atoms with E-state index in [2.05, 4.69) is 9.71 Å². The van der Waals surface area contributed by atoms with Gasteiger partial charge in [0, 0.05) is 24.5 Å². The molecule has 2 N–H and O–H groups in total. The number of nitrogens with zero attached hydrogens (tertiary/aromatic N) is 1. The maximum absolute atomic E-state index is 12.1. The molecule has 2 aromatic rings. The summed E-state index contributed by atoms with van der Waals surface area (Å²) in [5.41, 5.74) is 0.577. The van der Waals surface area contributed by atoms with Crippen LogP contribution in [-0.2, 0) is 16.4 Å². The lowest BCUT2D eigenvalue weighted by atomic mass is 10.1. The molecule has 0 aliphatic carbocycles. The molecule has 7 heteroatoms. The summed E-state index contributed by atoms with van der Waals surface area (Å²) in [6.45, 7) is 1.90. The van der Waals surface area contributed by atoms with E-state index in [1.165, 1.54) is 23.5 Å². The van der Waals surface area contributed by atoms with E-state index in [1.54, 1.807) is 25.3 Å². The van der Waals surface area contributed by atoms with Crippen molar-refractivity contribution in [1.82, 2.24) is 9.71 Å². The molecule has 1 atom stereocenters. The van der Waals surface area contributed by atoms with Gasteiger partial charge in [-0.1, -0.05) is 12.1 Å². The molecule has 0 spiro atoms. The summed E-state index contributed by atoms with van der Waals surface area (Å²) in [6, 6.07) is 6.31. The van der Waals surface area contributed by atoms with E-state index in [0.717, 1.165) is 5.01 Å². The van der Waals surface area contributed by atoms with Gasteiger partial charge in [-0.2, -0.15) is 0 Å². The van der Waals surface area contributed by atoms with Crippen LogP contribution in [-0.4, -0.2) is 25.1 Å². The van der Waals surface area contributed by atoms with E-state index in [4.69, 9.17) is 0 Å². The summed E-state index contributed by atoms with van der Waals surface area (Å²) in [4.78, 5) is 4.26. The number of aromatic nitrogens is 1. The van der Waals surface area contributed by atoms with Crippen molar-refractivity contribution in [3.63, 3.8) is 0 Å². The van der Waals surface area contributed by atoms with Crippen LogP contribution in [0.4, 0.5) is 0 Å². The topological polar surface area (TPSA) is 79.3 Å². The van der Waals surface area contributed by atoms with Gasteiger partial charge in [0.05, 0.1) is 16.0 Å². The van der Waals surface area contributed by atoms with Crippen molar-refractivity contribution in [2.24, 2.45) is 0 Å². The fourth-order valence-electron chi connectivity index (χ4n) is 1.69. The molecule has 0 radical (unpaired) electrons. The van der Waals surface area contributed by atoms with Crippen LogP contribution in [0.5, 0.6) is 0 Å². The van der Waals surface area contributed by atoms with Crippen LogP contribution in [0.1, 0.15) is 23.6 Å². The van der Waals surface area contributed by atoms with Gasteiger partial charge in [0.2, 0.25) is 10.0 Å². The highest BCUT2D eigenvalue weighted by molar-refractivity contribution is 7.89. The third-order valence-electron chi connectivity index (χ3n) is 2.77. The summed E-state index contributed by atoms with van der Waals surface area (Å²) in [6.07, 6.45) is 1.56. The van der Waals surface area contributed by atoms with Crippen LogP contribution < -0.4 is 4.72 Å². The molecular weight excluding hydrogens is 296 g/mol. The molecule has 1 unspecified atom stereocenters. The number of hydrogen-bond acceptors (Lipinski definition) is 5. The zero-order chi connectivity index (χ0) is 14.6. The fraction of sp³-hybridized carbons (Fsp3) is 0.308. The normalized spacial score (nSPS) is 13.3. The summed E-state index contributed by atoms with van der Waals surface area (Å²) >= 11 is 1.50. The highest BCUT2D eigenvalue weighted by Gasteiger charge is 2.15. The Morgan fingerprint density at radius 3 is 2.90 bits per heavy atom. The first kappa shape index (κ1) is 15.1. The van der Waals surface area contributed by atoms with E-state index in [0.29, 0.717) is 18.5 Å². The summed E-state index contributed by atoms with van der Waals surface area (Å²) in [5, 5.41) is 12.2. The average molecular weight is 312 g/mol. The lowest BCUT2D eigenvalue weighted by Crippen LogP contribution is -2.26. The van der Waals surface area contributed by atoms with Crippen molar-refractivity contribution in [2.75, 3.05) is 6.54 Å². The Labute approximate surface area is 122 Å². The zero-order valence-electron chi connectivity index (χ0n) is 11.0. The summed E-state index contributed by atoms with van der Waals surface area (Å²) in [7, 11) is -3.55. The van der Waals surface area contributed by atoms with Gasteiger partial charge in [-0.25, -0.2) is 18.1 Å². The third-order valence-corrected chi connectivity index (χ3v) is 5.06. The summed E-state index contributed by atoms with van der Waals surface area (Å²) < 4.78 is 26.8. The Hall–Kier alpha value is -1.28. The van der Waals surface area contributed by atoms with Gasteiger partial charge in [-0.05, 0) is 24.6 Å². The van der Waals surface area contributed by atoms with Crippen LogP contribution in [0.3, 0.4) is 0 Å². The number of hydrogen-bond donors (Lipinski definition) is 2. The lowest BCUT2D eigenvalue weighted by molar-refractivity contribution is 0.199. The van der Waals surface area contributed by atoms with Crippen molar-refractivity contribution in [1.29, 1.82) is 0 Å². The van der Waals surface area contributed by atoms with Crippen LogP contribution in [0, 0.1) is 0 Å². The Balaban J connectivity index is 2.04. The molecular formula is C13H16N2O3S2. The van der Waals surface area contributed by atoms with Gasteiger partial charge in [-0.15, -0.1) is 11.3 Å². The number of sulfonamides is 1. The van der Waals surface area contributed by atoms with Gasteiger partial charge in [0.15, 0.2) is 0 Å². The van der Waals surface area contributed by atoms with Gasteiger partial charge in [0.25, 0.3) is 0 Å². The Bertz CT molecular complexity index is 652. The van der Waals surface area contributed by atoms with Crippen molar-refractivity contribution in [3.8, 4) is 0 Å². The van der Waals surface area contributed by atoms with Crippen molar-refractivity contribution in [2.45, 2.75) is 24.3 Å². The Kier molecular flexibility index (Phi) is 4.87. The van der Waals surface area contributed by atoms with E-state index in [1.807, 2.05) is 5.38 Å². The predicted octanol–water partition coefficient (Wildman–Crippen LogP) is 1.72. The van der Waals surface area contributed by atoms with Gasteiger partial charge >= 0.3 is 0 Å².